The largest absolute Gasteiger partial charge is 0.394 e. The minimum atomic E-state index is -0.495. The lowest BCUT2D eigenvalue weighted by molar-refractivity contribution is -0.124. The molecule has 2 atom stereocenters. The summed E-state index contributed by atoms with van der Waals surface area (Å²) in [5, 5.41) is 11.5. The van der Waals surface area contributed by atoms with Gasteiger partial charge in [0.2, 0.25) is 5.91 Å². The first-order valence-corrected chi connectivity index (χ1v) is 4.81. The molecule has 0 aromatic heterocycles. The Morgan fingerprint density at radius 3 is 2.71 bits per heavy atom. The van der Waals surface area contributed by atoms with Gasteiger partial charge in [0, 0.05) is 7.11 Å². The van der Waals surface area contributed by atoms with E-state index in [1.807, 2.05) is 6.92 Å². The molecular formula is C9H20N2O3. The summed E-state index contributed by atoms with van der Waals surface area (Å²) in [6.07, 6.45) is 1.51. The molecule has 0 rings (SSSR count). The van der Waals surface area contributed by atoms with Crippen LogP contribution in [0.15, 0.2) is 0 Å². The number of methoxy groups -OCH3 is 1. The van der Waals surface area contributed by atoms with Gasteiger partial charge >= 0.3 is 0 Å². The van der Waals surface area contributed by atoms with Gasteiger partial charge in [-0.1, -0.05) is 13.3 Å². The molecule has 0 aliphatic rings. The molecule has 0 aliphatic heterocycles. The number of hydrogen-bond donors (Lipinski definition) is 3. The first-order valence-electron chi connectivity index (χ1n) is 4.81. The van der Waals surface area contributed by atoms with E-state index in [-0.39, 0.29) is 18.6 Å². The van der Waals surface area contributed by atoms with Crippen LogP contribution in [0, 0.1) is 0 Å². The van der Waals surface area contributed by atoms with Gasteiger partial charge < -0.3 is 20.9 Å². The molecule has 1 unspecified atom stereocenters. The van der Waals surface area contributed by atoms with Crippen LogP contribution in [0.25, 0.3) is 0 Å². The van der Waals surface area contributed by atoms with E-state index in [9.17, 15) is 4.79 Å². The minimum absolute atomic E-state index is 0.140. The van der Waals surface area contributed by atoms with Gasteiger partial charge in [0.05, 0.1) is 25.3 Å². The Kier molecular flexibility index (Phi) is 7.37. The molecule has 1 amide bonds. The SMILES string of the molecule is CCC[C@H](N)C(=O)NC(CO)COC. The number of ether oxygens (including phenoxy) is 1. The summed E-state index contributed by atoms with van der Waals surface area (Å²) in [4.78, 5) is 11.4. The summed E-state index contributed by atoms with van der Waals surface area (Å²) in [6.45, 7) is 2.12. The molecule has 0 bridgehead atoms. The van der Waals surface area contributed by atoms with Gasteiger partial charge in [-0.25, -0.2) is 0 Å². The lowest BCUT2D eigenvalue weighted by Crippen LogP contribution is -2.48. The number of hydrogen-bond acceptors (Lipinski definition) is 4. The first-order chi connectivity index (χ1) is 6.65. The van der Waals surface area contributed by atoms with Crippen molar-refractivity contribution in [1.29, 1.82) is 0 Å². The van der Waals surface area contributed by atoms with Crippen molar-refractivity contribution in [2.24, 2.45) is 5.73 Å². The van der Waals surface area contributed by atoms with E-state index in [0.717, 1.165) is 6.42 Å². The molecule has 0 radical (unpaired) electrons. The highest BCUT2D eigenvalue weighted by Gasteiger charge is 2.16. The highest BCUT2D eigenvalue weighted by atomic mass is 16.5. The maximum atomic E-state index is 11.4. The van der Waals surface area contributed by atoms with Crippen LogP contribution in [0.3, 0.4) is 0 Å². The Labute approximate surface area is 84.6 Å². The van der Waals surface area contributed by atoms with Gasteiger partial charge in [-0.15, -0.1) is 0 Å². The lowest BCUT2D eigenvalue weighted by atomic mass is 10.1. The second-order valence-corrected chi connectivity index (χ2v) is 3.24. The zero-order valence-corrected chi connectivity index (χ0v) is 8.82. The maximum Gasteiger partial charge on any atom is 0.237 e. The van der Waals surface area contributed by atoms with E-state index < -0.39 is 6.04 Å². The second-order valence-electron chi connectivity index (χ2n) is 3.24. The van der Waals surface area contributed by atoms with E-state index in [0.29, 0.717) is 13.0 Å². The fraction of sp³-hybridized carbons (Fsp3) is 0.889. The summed E-state index contributed by atoms with van der Waals surface area (Å²) in [5.41, 5.74) is 5.59. The Morgan fingerprint density at radius 1 is 1.64 bits per heavy atom. The summed E-state index contributed by atoms with van der Waals surface area (Å²) in [5.74, 6) is -0.233. The molecule has 0 heterocycles. The highest BCUT2D eigenvalue weighted by Crippen LogP contribution is 1.94. The number of rotatable bonds is 7. The molecule has 0 aromatic carbocycles. The molecule has 84 valence electrons. The molecule has 0 aliphatic carbocycles. The molecule has 14 heavy (non-hydrogen) atoms. The zero-order valence-electron chi connectivity index (χ0n) is 8.82. The fourth-order valence-corrected chi connectivity index (χ4v) is 1.09. The molecule has 4 N–H and O–H groups in total. The minimum Gasteiger partial charge on any atom is -0.394 e. The number of nitrogens with two attached hydrogens (primary N) is 1. The topological polar surface area (TPSA) is 84.6 Å². The number of nitrogens with one attached hydrogen (secondary N) is 1. The van der Waals surface area contributed by atoms with Crippen molar-refractivity contribution >= 4 is 5.91 Å². The normalized spacial score (nSPS) is 14.9. The Balaban J connectivity index is 3.88. The predicted molar refractivity (Wildman–Crippen MR) is 53.8 cm³/mol. The van der Waals surface area contributed by atoms with Crippen LogP contribution in [-0.2, 0) is 9.53 Å². The summed E-state index contributed by atoms with van der Waals surface area (Å²) in [6, 6.07) is -0.860. The van der Waals surface area contributed by atoms with Crippen LogP contribution in [-0.4, -0.2) is 43.4 Å². The fourth-order valence-electron chi connectivity index (χ4n) is 1.09. The van der Waals surface area contributed by atoms with Crippen molar-refractivity contribution in [2.45, 2.75) is 31.8 Å². The zero-order chi connectivity index (χ0) is 11.0. The average molecular weight is 204 g/mol. The van der Waals surface area contributed by atoms with Crippen LogP contribution in [0.2, 0.25) is 0 Å². The smallest absolute Gasteiger partial charge is 0.237 e. The third kappa shape index (κ3) is 5.16. The molecule has 5 nitrogen and oxygen atoms in total. The molecule has 0 aromatic rings. The van der Waals surface area contributed by atoms with E-state index in [2.05, 4.69) is 5.32 Å². The van der Waals surface area contributed by atoms with Gasteiger partial charge in [0.1, 0.15) is 0 Å². The van der Waals surface area contributed by atoms with Crippen LogP contribution in [0.5, 0.6) is 0 Å². The van der Waals surface area contributed by atoms with Crippen molar-refractivity contribution in [1.82, 2.24) is 5.32 Å². The first kappa shape index (κ1) is 13.4. The van der Waals surface area contributed by atoms with Crippen molar-refractivity contribution in [3.05, 3.63) is 0 Å². The van der Waals surface area contributed by atoms with Gasteiger partial charge in [-0.3, -0.25) is 4.79 Å². The standard InChI is InChI=1S/C9H20N2O3/c1-3-4-8(10)9(13)11-7(5-12)6-14-2/h7-8,12H,3-6,10H2,1-2H3,(H,11,13)/t7?,8-/m0/s1. The molecule has 5 heteroatoms. The maximum absolute atomic E-state index is 11.4. The van der Waals surface area contributed by atoms with Crippen molar-refractivity contribution in [3.63, 3.8) is 0 Å². The van der Waals surface area contributed by atoms with E-state index in [1.165, 1.54) is 7.11 Å². The number of aliphatic hydroxyl groups excluding tert-OH is 1. The molecule has 0 saturated carbocycles. The monoisotopic (exact) mass is 204 g/mol. The number of carbonyl (C=O) groups excluding carboxylic acids is 1. The van der Waals surface area contributed by atoms with Gasteiger partial charge in [0.25, 0.3) is 0 Å². The summed E-state index contributed by atoms with van der Waals surface area (Å²) in [7, 11) is 1.51. The van der Waals surface area contributed by atoms with Crippen molar-refractivity contribution in [2.75, 3.05) is 20.3 Å². The van der Waals surface area contributed by atoms with E-state index >= 15 is 0 Å². The highest BCUT2D eigenvalue weighted by molar-refractivity contribution is 5.81. The molecular weight excluding hydrogens is 184 g/mol. The number of carbonyl (C=O) groups is 1. The van der Waals surface area contributed by atoms with Crippen LogP contribution >= 0.6 is 0 Å². The quantitative estimate of drug-likeness (QED) is 0.509. The molecule has 0 saturated heterocycles. The van der Waals surface area contributed by atoms with Crippen LogP contribution < -0.4 is 11.1 Å². The Hall–Kier alpha value is -0.650. The Bertz CT molecular complexity index is 164. The third-order valence-corrected chi connectivity index (χ3v) is 1.87. The van der Waals surface area contributed by atoms with Gasteiger partial charge in [0.15, 0.2) is 0 Å². The summed E-state index contributed by atoms with van der Waals surface area (Å²) >= 11 is 0. The third-order valence-electron chi connectivity index (χ3n) is 1.87. The van der Waals surface area contributed by atoms with Crippen molar-refractivity contribution < 1.29 is 14.6 Å². The van der Waals surface area contributed by atoms with E-state index in [1.54, 1.807) is 0 Å². The van der Waals surface area contributed by atoms with Crippen molar-refractivity contribution in [3.8, 4) is 0 Å². The number of aliphatic hydroxyl groups is 1. The molecule has 0 fully saturated rings. The Morgan fingerprint density at radius 2 is 2.29 bits per heavy atom. The van der Waals surface area contributed by atoms with Gasteiger partial charge in [-0.2, -0.15) is 0 Å². The lowest BCUT2D eigenvalue weighted by Gasteiger charge is -2.18. The number of amides is 1. The average Bonchev–Trinajstić information content (AvgIpc) is 2.17. The molecule has 0 spiro atoms. The second kappa shape index (κ2) is 7.73. The predicted octanol–water partition coefficient (Wildman–Crippen LogP) is -0.763. The summed E-state index contributed by atoms with van der Waals surface area (Å²) < 4.78 is 4.82. The van der Waals surface area contributed by atoms with Crippen LogP contribution in [0.4, 0.5) is 0 Å². The van der Waals surface area contributed by atoms with Gasteiger partial charge in [-0.05, 0) is 6.42 Å². The van der Waals surface area contributed by atoms with Crippen LogP contribution in [0.1, 0.15) is 19.8 Å². The van der Waals surface area contributed by atoms with E-state index in [4.69, 9.17) is 15.6 Å².